The van der Waals surface area contributed by atoms with E-state index in [1.165, 1.54) is 16.8 Å². The van der Waals surface area contributed by atoms with Crippen molar-refractivity contribution in [1.82, 2.24) is 19.7 Å². The number of amides is 1. The molecule has 8 heteroatoms. The van der Waals surface area contributed by atoms with Gasteiger partial charge in [-0.25, -0.2) is 18.7 Å². The van der Waals surface area contributed by atoms with Gasteiger partial charge in [0.15, 0.2) is 0 Å². The molecule has 0 bridgehead atoms. The summed E-state index contributed by atoms with van der Waals surface area (Å²) in [6.07, 6.45) is 3.18. The van der Waals surface area contributed by atoms with E-state index in [0.29, 0.717) is 23.0 Å². The quantitative estimate of drug-likeness (QED) is 0.778. The number of aryl methyl sites for hydroxylation is 1. The van der Waals surface area contributed by atoms with Gasteiger partial charge in [0.25, 0.3) is 5.95 Å². The average molecular weight is 341 g/mol. The van der Waals surface area contributed by atoms with Crippen LogP contribution in [-0.2, 0) is 4.79 Å². The Kier molecular flexibility index (Phi) is 3.52. The van der Waals surface area contributed by atoms with Crippen LogP contribution in [0.4, 0.5) is 14.6 Å². The first kappa shape index (κ1) is 15.4. The van der Waals surface area contributed by atoms with Gasteiger partial charge in [-0.05, 0) is 24.6 Å². The number of fused-ring (bicyclic) bond motifs is 1. The van der Waals surface area contributed by atoms with Gasteiger partial charge in [-0.2, -0.15) is 9.78 Å². The average Bonchev–Trinajstić information content (AvgIpc) is 2.92. The highest BCUT2D eigenvalue weighted by Crippen LogP contribution is 2.40. The normalized spacial score (nSPS) is 16.4. The van der Waals surface area contributed by atoms with Gasteiger partial charge in [0.05, 0.1) is 5.69 Å². The number of nitrogens with one attached hydrogen (secondary N) is 1. The largest absolute Gasteiger partial charge is 0.310 e. The maximum atomic E-state index is 14.3. The molecule has 4 rings (SSSR count). The summed E-state index contributed by atoms with van der Waals surface area (Å²) >= 11 is 0. The predicted molar refractivity (Wildman–Crippen MR) is 85.3 cm³/mol. The zero-order valence-electron chi connectivity index (χ0n) is 13.2. The standard InChI is InChI=1S/C17H13F2N5O/c1-9-15-12(11-4-3-10(18)7-13(11)19)8-14(25)22-16(15)24(23-9)17-20-5-2-6-21-17/h2-7,12H,8H2,1H3,(H,22,25)/t12-/m1/s1. The van der Waals surface area contributed by atoms with E-state index in [4.69, 9.17) is 0 Å². The van der Waals surface area contributed by atoms with Crippen LogP contribution in [0.3, 0.4) is 0 Å². The minimum absolute atomic E-state index is 0.0533. The summed E-state index contributed by atoms with van der Waals surface area (Å²) in [4.78, 5) is 20.5. The lowest BCUT2D eigenvalue weighted by Gasteiger charge is -2.24. The van der Waals surface area contributed by atoms with Gasteiger partial charge < -0.3 is 5.32 Å². The smallest absolute Gasteiger partial charge is 0.252 e. The molecule has 1 aliphatic rings. The van der Waals surface area contributed by atoms with E-state index in [2.05, 4.69) is 20.4 Å². The Morgan fingerprint density at radius 3 is 2.72 bits per heavy atom. The molecule has 2 aromatic heterocycles. The molecule has 1 N–H and O–H groups in total. The van der Waals surface area contributed by atoms with E-state index in [-0.39, 0.29) is 17.9 Å². The Labute approximate surface area is 141 Å². The highest BCUT2D eigenvalue weighted by molar-refractivity contribution is 5.95. The van der Waals surface area contributed by atoms with Crippen molar-refractivity contribution < 1.29 is 13.6 Å². The van der Waals surface area contributed by atoms with Gasteiger partial charge in [-0.1, -0.05) is 6.07 Å². The van der Waals surface area contributed by atoms with Crippen molar-refractivity contribution >= 4 is 11.7 Å². The van der Waals surface area contributed by atoms with E-state index in [1.54, 1.807) is 25.4 Å². The van der Waals surface area contributed by atoms with Crippen LogP contribution in [-0.4, -0.2) is 25.7 Å². The van der Waals surface area contributed by atoms with Gasteiger partial charge in [0.1, 0.15) is 17.5 Å². The fourth-order valence-corrected chi connectivity index (χ4v) is 3.14. The Bertz CT molecular complexity index is 971. The molecule has 0 aliphatic carbocycles. The number of anilines is 1. The van der Waals surface area contributed by atoms with Crippen molar-refractivity contribution in [2.24, 2.45) is 0 Å². The lowest BCUT2D eigenvalue weighted by Crippen LogP contribution is -2.25. The van der Waals surface area contributed by atoms with Gasteiger partial charge in [-0.3, -0.25) is 4.79 Å². The van der Waals surface area contributed by atoms with Crippen LogP contribution in [0.25, 0.3) is 5.95 Å². The summed E-state index contributed by atoms with van der Waals surface area (Å²) in [7, 11) is 0. The summed E-state index contributed by atoms with van der Waals surface area (Å²) in [6, 6.07) is 5.04. The van der Waals surface area contributed by atoms with Gasteiger partial charge in [0, 0.05) is 36.4 Å². The van der Waals surface area contributed by atoms with E-state index < -0.39 is 17.6 Å². The summed E-state index contributed by atoms with van der Waals surface area (Å²) in [5.41, 5.74) is 1.56. The number of carbonyl (C=O) groups is 1. The molecule has 3 aromatic rings. The molecule has 3 heterocycles. The van der Waals surface area contributed by atoms with E-state index in [1.807, 2.05) is 0 Å². The third-order valence-corrected chi connectivity index (χ3v) is 4.18. The zero-order valence-corrected chi connectivity index (χ0v) is 13.2. The molecule has 0 saturated carbocycles. The SMILES string of the molecule is Cc1nn(-c2ncccn2)c2c1[C@@H](c1ccc(F)cc1F)CC(=O)N2. The maximum Gasteiger partial charge on any atom is 0.252 e. The number of rotatable bonds is 2. The van der Waals surface area contributed by atoms with E-state index >= 15 is 0 Å². The Morgan fingerprint density at radius 2 is 2.00 bits per heavy atom. The molecule has 1 atom stereocenters. The van der Waals surface area contributed by atoms with Crippen LogP contribution in [0.2, 0.25) is 0 Å². The van der Waals surface area contributed by atoms with Crippen molar-refractivity contribution in [3.63, 3.8) is 0 Å². The fourth-order valence-electron chi connectivity index (χ4n) is 3.14. The fraction of sp³-hybridized carbons (Fsp3) is 0.176. The lowest BCUT2D eigenvalue weighted by atomic mass is 9.85. The Hall–Kier alpha value is -3.16. The summed E-state index contributed by atoms with van der Waals surface area (Å²) in [5, 5.41) is 7.16. The monoisotopic (exact) mass is 341 g/mol. The minimum atomic E-state index is -0.686. The number of hydrogen-bond acceptors (Lipinski definition) is 4. The molecular formula is C17H13F2N5O. The third kappa shape index (κ3) is 2.55. The summed E-state index contributed by atoms with van der Waals surface area (Å²) in [6.45, 7) is 1.77. The minimum Gasteiger partial charge on any atom is -0.310 e. The second-order valence-electron chi connectivity index (χ2n) is 5.78. The number of benzene rings is 1. The molecule has 0 radical (unpaired) electrons. The van der Waals surface area contributed by atoms with Crippen LogP contribution in [0.5, 0.6) is 0 Å². The third-order valence-electron chi connectivity index (χ3n) is 4.18. The predicted octanol–water partition coefficient (Wildman–Crippen LogP) is 2.72. The van der Waals surface area contributed by atoms with Crippen LogP contribution >= 0.6 is 0 Å². The van der Waals surface area contributed by atoms with Crippen LogP contribution in [0.1, 0.15) is 29.2 Å². The second kappa shape index (κ2) is 5.73. The lowest BCUT2D eigenvalue weighted by molar-refractivity contribution is -0.116. The van der Waals surface area contributed by atoms with E-state index in [9.17, 15) is 13.6 Å². The molecule has 126 valence electrons. The van der Waals surface area contributed by atoms with Gasteiger partial charge in [-0.15, -0.1) is 0 Å². The highest BCUT2D eigenvalue weighted by Gasteiger charge is 2.34. The second-order valence-corrected chi connectivity index (χ2v) is 5.78. The summed E-state index contributed by atoms with van der Waals surface area (Å²) < 4.78 is 29.0. The molecule has 0 unspecified atom stereocenters. The Balaban J connectivity index is 1.90. The van der Waals surface area contributed by atoms with Gasteiger partial charge in [0.2, 0.25) is 5.91 Å². The van der Waals surface area contributed by atoms with Crippen LogP contribution < -0.4 is 5.32 Å². The number of carbonyl (C=O) groups excluding carboxylic acids is 1. The molecule has 1 aromatic carbocycles. The number of hydrogen-bond donors (Lipinski definition) is 1. The number of halogens is 2. The Morgan fingerprint density at radius 1 is 1.24 bits per heavy atom. The molecule has 1 amide bonds. The molecular weight excluding hydrogens is 328 g/mol. The molecule has 1 aliphatic heterocycles. The molecule has 0 saturated heterocycles. The maximum absolute atomic E-state index is 14.3. The first-order valence-electron chi connectivity index (χ1n) is 7.66. The van der Waals surface area contributed by atoms with Crippen molar-refractivity contribution in [2.75, 3.05) is 5.32 Å². The summed E-state index contributed by atoms with van der Waals surface area (Å²) in [5.74, 6) is -1.47. The van der Waals surface area contributed by atoms with Crippen molar-refractivity contribution in [2.45, 2.75) is 19.3 Å². The van der Waals surface area contributed by atoms with Crippen molar-refractivity contribution in [3.05, 3.63) is 65.1 Å². The molecule has 6 nitrogen and oxygen atoms in total. The van der Waals surface area contributed by atoms with Gasteiger partial charge >= 0.3 is 0 Å². The van der Waals surface area contributed by atoms with E-state index in [0.717, 1.165) is 6.07 Å². The molecule has 0 spiro atoms. The van der Waals surface area contributed by atoms with Crippen LogP contribution in [0, 0.1) is 18.6 Å². The van der Waals surface area contributed by atoms with Crippen molar-refractivity contribution in [3.8, 4) is 5.95 Å². The number of aromatic nitrogens is 4. The number of nitrogens with zero attached hydrogens (tertiary/aromatic N) is 4. The first-order chi connectivity index (χ1) is 12.0. The first-order valence-corrected chi connectivity index (χ1v) is 7.66. The van der Waals surface area contributed by atoms with Crippen molar-refractivity contribution in [1.29, 1.82) is 0 Å². The molecule has 0 fully saturated rings. The van der Waals surface area contributed by atoms with Crippen LogP contribution in [0.15, 0.2) is 36.7 Å². The molecule has 25 heavy (non-hydrogen) atoms. The topological polar surface area (TPSA) is 72.7 Å². The zero-order chi connectivity index (χ0) is 17.6. The highest BCUT2D eigenvalue weighted by atomic mass is 19.1.